The minimum atomic E-state index is -0.597. The summed E-state index contributed by atoms with van der Waals surface area (Å²) in [4.78, 5) is 11.5. The van der Waals surface area contributed by atoms with E-state index in [1.165, 1.54) is 0 Å². The van der Waals surface area contributed by atoms with Crippen LogP contribution in [-0.4, -0.2) is 12.0 Å². The Morgan fingerprint density at radius 3 is 2.29 bits per heavy atom. The van der Waals surface area contributed by atoms with Gasteiger partial charge in [0, 0.05) is 0 Å². The number of carbonyl (C=O) groups is 1. The largest absolute Gasteiger partial charge is 0.460 e. The number of ether oxygens (including phenoxy) is 1. The standard InChI is InChI=1S/C13H18FNO2/c1-9(2)12(15)13(16)17-8-11-5-3-10(7-14)4-6-11/h3-6,9,12H,7-8,15H2,1-2H3/t12-/m0/s1. The van der Waals surface area contributed by atoms with Gasteiger partial charge < -0.3 is 10.5 Å². The van der Waals surface area contributed by atoms with E-state index in [0.29, 0.717) is 5.56 Å². The van der Waals surface area contributed by atoms with Crippen LogP contribution in [0.2, 0.25) is 0 Å². The van der Waals surface area contributed by atoms with Crippen molar-refractivity contribution < 1.29 is 13.9 Å². The molecule has 0 spiro atoms. The lowest BCUT2D eigenvalue weighted by Gasteiger charge is -2.14. The molecule has 0 aliphatic carbocycles. The van der Waals surface area contributed by atoms with Crippen LogP contribution in [-0.2, 0) is 22.8 Å². The second kappa shape index (κ2) is 6.35. The Kier molecular flexibility index (Phi) is 5.10. The Balaban J connectivity index is 2.47. The van der Waals surface area contributed by atoms with E-state index in [1.54, 1.807) is 24.3 Å². The fourth-order valence-electron chi connectivity index (χ4n) is 1.25. The highest BCUT2D eigenvalue weighted by atomic mass is 19.1. The molecule has 0 aromatic heterocycles. The molecule has 1 aromatic rings. The van der Waals surface area contributed by atoms with Crippen LogP contribution in [0.5, 0.6) is 0 Å². The van der Waals surface area contributed by atoms with Crippen molar-refractivity contribution in [3.63, 3.8) is 0 Å². The highest BCUT2D eigenvalue weighted by Gasteiger charge is 2.18. The summed E-state index contributed by atoms with van der Waals surface area (Å²) in [6.45, 7) is 3.41. The monoisotopic (exact) mass is 239 g/mol. The first-order valence-electron chi connectivity index (χ1n) is 5.60. The van der Waals surface area contributed by atoms with Gasteiger partial charge in [0.15, 0.2) is 0 Å². The van der Waals surface area contributed by atoms with Crippen LogP contribution in [0.4, 0.5) is 4.39 Å². The number of hydrogen-bond acceptors (Lipinski definition) is 3. The fourth-order valence-corrected chi connectivity index (χ4v) is 1.25. The molecule has 1 atom stereocenters. The van der Waals surface area contributed by atoms with E-state index >= 15 is 0 Å². The van der Waals surface area contributed by atoms with Crippen LogP contribution in [0.3, 0.4) is 0 Å². The topological polar surface area (TPSA) is 52.3 Å². The molecule has 0 unspecified atom stereocenters. The van der Waals surface area contributed by atoms with E-state index in [4.69, 9.17) is 10.5 Å². The number of rotatable bonds is 5. The van der Waals surface area contributed by atoms with Crippen molar-refractivity contribution in [1.29, 1.82) is 0 Å². The number of alkyl halides is 1. The molecule has 0 amide bonds. The average molecular weight is 239 g/mol. The lowest BCUT2D eigenvalue weighted by Crippen LogP contribution is -2.36. The van der Waals surface area contributed by atoms with E-state index in [-0.39, 0.29) is 12.5 Å². The van der Waals surface area contributed by atoms with Gasteiger partial charge in [-0.05, 0) is 17.0 Å². The maximum Gasteiger partial charge on any atom is 0.323 e. The fraction of sp³-hybridized carbons (Fsp3) is 0.462. The molecule has 0 radical (unpaired) electrons. The first kappa shape index (κ1) is 13.6. The number of benzene rings is 1. The summed E-state index contributed by atoms with van der Waals surface area (Å²) in [5.41, 5.74) is 7.08. The number of esters is 1. The van der Waals surface area contributed by atoms with Crippen molar-refractivity contribution in [2.24, 2.45) is 11.7 Å². The highest BCUT2D eigenvalue weighted by molar-refractivity contribution is 5.75. The van der Waals surface area contributed by atoms with Crippen molar-refractivity contribution in [3.8, 4) is 0 Å². The normalized spacial score (nSPS) is 12.5. The van der Waals surface area contributed by atoms with Gasteiger partial charge in [0.05, 0.1) is 0 Å². The second-order valence-corrected chi connectivity index (χ2v) is 4.33. The van der Waals surface area contributed by atoms with E-state index < -0.39 is 18.7 Å². The molecule has 3 nitrogen and oxygen atoms in total. The number of halogens is 1. The van der Waals surface area contributed by atoms with Gasteiger partial charge in [-0.15, -0.1) is 0 Å². The summed E-state index contributed by atoms with van der Waals surface area (Å²) >= 11 is 0. The number of nitrogens with two attached hydrogens (primary N) is 1. The molecule has 0 saturated heterocycles. The molecule has 1 aromatic carbocycles. The van der Waals surface area contributed by atoms with Crippen LogP contribution in [0.1, 0.15) is 25.0 Å². The molecule has 1 rings (SSSR count). The summed E-state index contributed by atoms with van der Waals surface area (Å²) < 4.78 is 17.3. The minimum absolute atomic E-state index is 0.0522. The summed E-state index contributed by atoms with van der Waals surface area (Å²) in [6.07, 6.45) is 0. The molecule has 94 valence electrons. The molecule has 0 heterocycles. The Labute approximate surface area is 101 Å². The van der Waals surface area contributed by atoms with Gasteiger partial charge in [0.25, 0.3) is 0 Å². The first-order valence-corrected chi connectivity index (χ1v) is 5.60. The third kappa shape index (κ3) is 4.15. The van der Waals surface area contributed by atoms with Gasteiger partial charge in [0.2, 0.25) is 0 Å². The molecule has 2 N–H and O–H groups in total. The lowest BCUT2D eigenvalue weighted by atomic mass is 10.1. The van der Waals surface area contributed by atoms with Crippen LogP contribution in [0.25, 0.3) is 0 Å². The smallest absolute Gasteiger partial charge is 0.323 e. The third-order valence-electron chi connectivity index (χ3n) is 2.55. The molecular weight excluding hydrogens is 221 g/mol. The first-order chi connectivity index (χ1) is 8.04. The Hall–Kier alpha value is -1.42. The molecule has 0 saturated carbocycles. The predicted octanol–water partition coefficient (Wildman–Crippen LogP) is 2.18. The zero-order valence-electron chi connectivity index (χ0n) is 10.2. The molecule has 0 aliphatic heterocycles. The van der Waals surface area contributed by atoms with Gasteiger partial charge in [0.1, 0.15) is 19.3 Å². The van der Waals surface area contributed by atoms with Crippen molar-refractivity contribution in [2.75, 3.05) is 0 Å². The molecule has 0 aliphatic rings. The SMILES string of the molecule is CC(C)[C@H](N)C(=O)OCc1ccc(CF)cc1. The number of carbonyl (C=O) groups excluding carboxylic acids is 1. The zero-order chi connectivity index (χ0) is 12.8. The molecule has 0 bridgehead atoms. The Morgan fingerprint density at radius 1 is 1.29 bits per heavy atom. The number of hydrogen-bond donors (Lipinski definition) is 1. The van der Waals surface area contributed by atoms with Crippen LogP contribution < -0.4 is 5.73 Å². The lowest BCUT2D eigenvalue weighted by molar-refractivity contribution is -0.147. The predicted molar refractivity (Wildman–Crippen MR) is 63.9 cm³/mol. The zero-order valence-corrected chi connectivity index (χ0v) is 10.2. The van der Waals surface area contributed by atoms with E-state index in [0.717, 1.165) is 5.56 Å². The van der Waals surface area contributed by atoms with Crippen molar-refractivity contribution >= 4 is 5.97 Å². The van der Waals surface area contributed by atoms with Crippen molar-refractivity contribution in [3.05, 3.63) is 35.4 Å². The van der Waals surface area contributed by atoms with Crippen molar-refractivity contribution in [2.45, 2.75) is 33.2 Å². The van der Waals surface area contributed by atoms with Crippen LogP contribution >= 0.6 is 0 Å². The summed E-state index contributed by atoms with van der Waals surface area (Å²) in [7, 11) is 0. The van der Waals surface area contributed by atoms with Gasteiger partial charge in [-0.3, -0.25) is 4.79 Å². The molecule has 0 fully saturated rings. The second-order valence-electron chi connectivity index (χ2n) is 4.33. The van der Waals surface area contributed by atoms with E-state index in [2.05, 4.69) is 0 Å². The third-order valence-corrected chi connectivity index (χ3v) is 2.55. The van der Waals surface area contributed by atoms with E-state index in [1.807, 2.05) is 13.8 Å². The van der Waals surface area contributed by atoms with Gasteiger partial charge in [-0.1, -0.05) is 38.1 Å². The van der Waals surface area contributed by atoms with Gasteiger partial charge in [-0.25, -0.2) is 4.39 Å². The minimum Gasteiger partial charge on any atom is -0.460 e. The average Bonchev–Trinajstić information content (AvgIpc) is 2.35. The molecular formula is C13H18FNO2. The van der Waals surface area contributed by atoms with Crippen LogP contribution in [0.15, 0.2) is 24.3 Å². The van der Waals surface area contributed by atoms with Crippen molar-refractivity contribution in [1.82, 2.24) is 0 Å². The summed E-state index contributed by atoms with van der Waals surface area (Å²) in [6, 6.07) is 6.23. The summed E-state index contributed by atoms with van der Waals surface area (Å²) in [5, 5.41) is 0. The molecule has 4 heteroatoms. The Morgan fingerprint density at radius 2 is 1.82 bits per heavy atom. The highest BCUT2D eigenvalue weighted by Crippen LogP contribution is 2.08. The van der Waals surface area contributed by atoms with Crippen LogP contribution in [0, 0.1) is 5.92 Å². The maximum atomic E-state index is 12.3. The van der Waals surface area contributed by atoms with Gasteiger partial charge >= 0.3 is 5.97 Å². The molecule has 17 heavy (non-hydrogen) atoms. The quantitative estimate of drug-likeness (QED) is 0.801. The Bertz CT molecular complexity index is 362. The maximum absolute atomic E-state index is 12.3. The van der Waals surface area contributed by atoms with Gasteiger partial charge in [-0.2, -0.15) is 0 Å². The summed E-state index contributed by atoms with van der Waals surface area (Å²) in [5.74, 6) is -0.356. The van der Waals surface area contributed by atoms with E-state index in [9.17, 15) is 9.18 Å².